The van der Waals surface area contributed by atoms with Crippen LogP contribution >= 0.6 is 12.2 Å². The van der Waals surface area contributed by atoms with Crippen LogP contribution in [0.15, 0.2) is 30.3 Å². The molecule has 0 aliphatic rings. The summed E-state index contributed by atoms with van der Waals surface area (Å²) >= 11 is 5.05. The summed E-state index contributed by atoms with van der Waals surface area (Å²) in [5.41, 5.74) is 6.52. The number of thiocarbonyl (C=S) groups is 1. The van der Waals surface area contributed by atoms with Gasteiger partial charge in [0.25, 0.3) is 0 Å². The van der Waals surface area contributed by atoms with Gasteiger partial charge in [0.2, 0.25) is 5.91 Å². The number of ether oxygens (including phenoxy) is 1. The number of carbonyl (C=O) groups is 1. The highest BCUT2D eigenvalue weighted by atomic mass is 32.1. The van der Waals surface area contributed by atoms with Crippen LogP contribution in [-0.4, -0.2) is 31.2 Å². The predicted molar refractivity (Wildman–Crippen MR) is 89.3 cm³/mol. The molecule has 1 amide bonds. The van der Waals surface area contributed by atoms with Crippen LogP contribution in [0.1, 0.15) is 31.7 Å². The van der Waals surface area contributed by atoms with Crippen molar-refractivity contribution < 1.29 is 9.53 Å². The molecule has 4 nitrogen and oxygen atoms in total. The summed E-state index contributed by atoms with van der Waals surface area (Å²) in [6.45, 7) is 5.40. The van der Waals surface area contributed by atoms with Crippen LogP contribution in [0.4, 0.5) is 0 Å². The molecule has 0 spiro atoms. The fourth-order valence-electron chi connectivity index (χ4n) is 1.99. The van der Waals surface area contributed by atoms with Crippen molar-refractivity contribution in [3.63, 3.8) is 0 Å². The standard InChI is InChI=1S/C16H24N2O2S/c1-16(2,9-10-20-3)11-18-15(19)13(14(17)21)12-7-5-4-6-8-12/h4-8,13H,9-11H2,1-3H3,(H2,17,21)(H,18,19). The number of carbonyl (C=O) groups excluding carboxylic acids is 1. The normalized spacial score (nSPS) is 12.7. The van der Waals surface area contributed by atoms with Crippen molar-refractivity contribution in [3.05, 3.63) is 35.9 Å². The van der Waals surface area contributed by atoms with Gasteiger partial charge in [-0.25, -0.2) is 0 Å². The minimum absolute atomic E-state index is 0.0386. The van der Waals surface area contributed by atoms with E-state index >= 15 is 0 Å². The van der Waals surface area contributed by atoms with Crippen molar-refractivity contribution in [2.45, 2.75) is 26.2 Å². The number of nitrogens with two attached hydrogens (primary N) is 1. The molecule has 0 saturated carbocycles. The molecule has 21 heavy (non-hydrogen) atoms. The summed E-state index contributed by atoms with van der Waals surface area (Å²) in [6, 6.07) is 9.36. The molecule has 0 heterocycles. The Morgan fingerprint density at radius 1 is 1.38 bits per heavy atom. The maximum atomic E-state index is 12.4. The molecule has 0 saturated heterocycles. The van der Waals surface area contributed by atoms with Gasteiger partial charge < -0.3 is 15.8 Å². The van der Waals surface area contributed by atoms with E-state index in [1.54, 1.807) is 7.11 Å². The molecule has 1 unspecified atom stereocenters. The zero-order valence-corrected chi connectivity index (χ0v) is 13.7. The first kappa shape index (κ1) is 17.6. The lowest BCUT2D eigenvalue weighted by molar-refractivity contribution is -0.121. The van der Waals surface area contributed by atoms with Crippen LogP contribution in [0.5, 0.6) is 0 Å². The van der Waals surface area contributed by atoms with Crippen molar-refractivity contribution in [3.8, 4) is 0 Å². The maximum Gasteiger partial charge on any atom is 0.234 e. The molecule has 1 aromatic rings. The van der Waals surface area contributed by atoms with Crippen LogP contribution in [0.3, 0.4) is 0 Å². The second-order valence-corrected chi connectivity index (χ2v) is 6.34. The minimum Gasteiger partial charge on any atom is -0.392 e. The van der Waals surface area contributed by atoms with Crippen LogP contribution in [-0.2, 0) is 9.53 Å². The van der Waals surface area contributed by atoms with E-state index in [0.29, 0.717) is 13.2 Å². The molecule has 3 N–H and O–H groups in total. The number of rotatable bonds is 8. The predicted octanol–water partition coefficient (Wildman–Crippen LogP) is 2.24. The van der Waals surface area contributed by atoms with Gasteiger partial charge >= 0.3 is 0 Å². The molecule has 0 aliphatic heterocycles. The molecule has 1 aromatic carbocycles. The van der Waals surface area contributed by atoms with Gasteiger partial charge in [-0.2, -0.15) is 0 Å². The fourth-order valence-corrected chi connectivity index (χ4v) is 2.23. The van der Waals surface area contributed by atoms with Crippen molar-refractivity contribution in [1.82, 2.24) is 5.32 Å². The first-order valence-electron chi connectivity index (χ1n) is 6.98. The molecule has 1 atom stereocenters. The van der Waals surface area contributed by atoms with Gasteiger partial charge in [0, 0.05) is 20.3 Å². The van der Waals surface area contributed by atoms with Crippen molar-refractivity contribution in [1.29, 1.82) is 0 Å². The third kappa shape index (κ3) is 5.81. The lowest BCUT2D eigenvalue weighted by atomic mass is 9.89. The van der Waals surface area contributed by atoms with E-state index in [9.17, 15) is 4.79 Å². The Hall–Kier alpha value is -1.46. The van der Waals surface area contributed by atoms with Crippen LogP contribution < -0.4 is 11.1 Å². The summed E-state index contributed by atoms with van der Waals surface area (Å²) < 4.78 is 5.09. The van der Waals surface area contributed by atoms with Gasteiger partial charge in [0.05, 0.1) is 4.99 Å². The van der Waals surface area contributed by atoms with E-state index in [0.717, 1.165) is 12.0 Å². The number of nitrogens with one attached hydrogen (secondary N) is 1. The number of amides is 1. The summed E-state index contributed by atoms with van der Waals surface area (Å²) in [5.74, 6) is -0.737. The van der Waals surface area contributed by atoms with Gasteiger partial charge in [-0.15, -0.1) is 0 Å². The number of benzene rings is 1. The largest absolute Gasteiger partial charge is 0.392 e. The van der Waals surface area contributed by atoms with E-state index in [-0.39, 0.29) is 16.3 Å². The molecular weight excluding hydrogens is 284 g/mol. The highest BCUT2D eigenvalue weighted by Gasteiger charge is 2.25. The molecular formula is C16H24N2O2S. The maximum absolute atomic E-state index is 12.4. The average molecular weight is 308 g/mol. The Kier molecular flexibility index (Phi) is 6.78. The van der Waals surface area contributed by atoms with E-state index < -0.39 is 5.92 Å². The quantitative estimate of drug-likeness (QED) is 0.723. The summed E-state index contributed by atoms with van der Waals surface area (Å²) in [6.07, 6.45) is 0.868. The topological polar surface area (TPSA) is 64.3 Å². The Morgan fingerprint density at radius 3 is 2.52 bits per heavy atom. The van der Waals surface area contributed by atoms with Crippen LogP contribution in [0, 0.1) is 5.41 Å². The molecule has 0 radical (unpaired) electrons. The summed E-state index contributed by atoms with van der Waals surface area (Å²) in [4.78, 5) is 12.6. The second-order valence-electron chi connectivity index (χ2n) is 5.87. The Labute approximate surface area is 132 Å². The zero-order chi connectivity index (χ0) is 15.9. The van der Waals surface area contributed by atoms with Gasteiger partial charge in [0.15, 0.2) is 0 Å². The van der Waals surface area contributed by atoms with E-state index in [1.807, 2.05) is 30.3 Å². The molecule has 0 bridgehead atoms. The third-order valence-corrected chi connectivity index (χ3v) is 3.64. The van der Waals surface area contributed by atoms with Gasteiger partial charge in [-0.05, 0) is 17.4 Å². The molecule has 0 aromatic heterocycles. The highest BCUT2D eigenvalue weighted by Crippen LogP contribution is 2.20. The van der Waals surface area contributed by atoms with Gasteiger partial charge in [-0.3, -0.25) is 4.79 Å². The molecule has 1 rings (SSSR count). The van der Waals surface area contributed by atoms with Crippen LogP contribution in [0.2, 0.25) is 0 Å². The van der Waals surface area contributed by atoms with Crippen molar-refractivity contribution in [2.24, 2.45) is 11.1 Å². The first-order chi connectivity index (χ1) is 9.87. The summed E-state index contributed by atoms with van der Waals surface area (Å²) in [5, 5.41) is 2.95. The first-order valence-corrected chi connectivity index (χ1v) is 7.39. The van der Waals surface area contributed by atoms with Gasteiger partial charge in [0.1, 0.15) is 5.92 Å². The average Bonchev–Trinajstić information content (AvgIpc) is 2.44. The van der Waals surface area contributed by atoms with Crippen molar-refractivity contribution >= 4 is 23.1 Å². The number of hydrogen-bond acceptors (Lipinski definition) is 3. The Morgan fingerprint density at radius 2 is 2.00 bits per heavy atom. The molecule has 0 fully saturated rings. The second kappa shape index (κ2) is 8.10. The molecule has 5 heteroatoms. The lowest BCUT2D eigenvalue weighted by Crippen LogP contribution is -2.40. The highest BCUT2D eigenvalue weighted by molar-refractivity contribution is 7.80. The molecule has 0 aliphatic carbocycles. The zero-order valence-electron chi connectivity index (χ0n) is 12.9. The van der Waals surface area contributed by atoms with Crippen molar-refractivity contribution in [2.75, 3.05) is 20.3 Å². The monoisotopic (exact) mass is 308 g/mol. The van der Waals surface area contributed by atoms with E-state index in [1.165, 1.54) is 0 Å². The SMILES string of the molecule is COCCC(C)(C)CNC(=O)C(C(N)=S)c1ccccc1. The molecule has 116 valence electrons. The number of hydrogen-bond donors (Lipinski definition) is 2. The minimum atomic E-state index is -0.584. The lowest BCUT2D eigenvalue weighted by Gasteiger charge is -2.26. The van der Waals surface area contributed by atoms with E-state index in [4.69, 9.17) is 22.7 Å². The summed E-state index contributed by atoms with van der Waals surface area (Å²) in [7, 11) is 1.67. The fraction of sp³-hybridized carbons (Fsp3) is 0.500. The van der Waals surface area contributed by atoms with Gasteiger partial charge in [-0.1, -0.05) is 56.4 Å². The Balaban J connectivity index is 2.69. The third-order valence-electron chi connectivity index (χ3n) is 3.40. The Bertz CT molecular complexity index is 474. The van der Waals surface area contributed by atoms with Crippen LogP contribution in [0.25, 0.3) is 0 Å². The number of methoxy groups -OCH3 is 1. The van der Waals surface area contributed by atoms with E-state index in [2.05, 4.69) is 19.2 Å². The smallest absolute Gasteiger partial charge is 0.234 e.